The number of hydrogen-bond acceptors (Lipinski definition) is 2. The lowest BCUT2D eigenvalue weighted by Gasteiger charge is -2.60. The number of β-lactam (4-membered cyclic amide) rings is 1. The first-order valence-electron chi connectivity index (χ1n) is 9.41. The van der Waals surface area contributed by atoms with Crippen LogP contribution in [-0.2, 0) is 11.2 Å². The van der Waals surface area contributed by atoms with Gasteiger partial charge in [-0.3, -0.25) is 9.59 Å². The van der Waals surface area contributed by atoms with Gasteiger partial charge in [0.2, 0.25) is 5.91 Å². The quantitative estimate of drug-likeness (QED) is 0.324. The van der Waals surface area contributed by atoms with Crippen LogP contribution in [0.1, 0.15) is 43.1 Å². The van der Waals surface area contributed by atoms with E-state index in [4.69, 9.17) is 0 Å². The maximum Gasteiger partial charge on any atom is 0.239 e. The molecule has 3 nitrogen and oxygen atoms in total. The topological polar surface area (TPSA) is 37.4 Å². The van der Waals surface area contributed by atoms with E-state index in [2.05, 4.69) is 18.7 Å². The zero-order valence-electron chi connectivity index (χ0n) is 16.3. The second-order valence-electron chi connectivity index (χ2n) is 8.21. The lowest BCUT2D eigenvalue weighted by molar-refractivity contribution is -0.176. The third-order valence-corrected chi connectivity index (χ3v) is 5.38. The van der Waals surface area contributed by atoms with Gasteiger partial charge in [-0.25, -0.2) is 0 Å². The number of hydrogen-bond donors (Lipinski definition) is 0. The highest BCUT2D eigenvalue weighted by Crippen LogP contribution is 2.49. The average molecular weight is 361 g/mol. The van der Waals surface area contributed by atoms with Crippen LogP contribution < -0.4 is 0 Å². The van der Waals surface area contributed by atoms with Gasteiger partial charge in [0.05, 0.1) is 6.04 Å². The molecule has 27 heavy (non-hydrogen) atoms. The highest BCUT2D eigenvalue weighted by Gasteiger charge is 2.66. The molecule has 0 saturated carbocycles. The molecule has 2 aromatic rings. The zero-order chi connectivity index (χ0) is 19.7. The smallest absolute Gasteiger partial charge is 0.239 e. The molecule has 2 aromatic carbocycles. The normalized spacial score (nSPS) is 22.3. The van der Waals surface area contributed by atoms with Gasteiger partial charge in [0, 0.05) is 11.1 Å². The van der Waals surface area contributed by atoms with E-state index in [1.165, 1.54) is 0 Å². The van der Waals surface area contributed by atoms with Gasteiger partial charge in [-0.15, -0.1) is 6.58 Å². The van der Waals surface area contributed by atoms with Crippen molar-refractivity contribution in [2.24, 2.45) is 5.41 Å². The van der Waals surface area contributed by atoms with Crippen LogP contribution in [-0.4, -0.2) is 28.2 Å². The summed E-state index contributed by atoms with van der Waals surface area (Å²) in [6.07, 6.45) is 2.70. The van der Waals surface area contributed by atoms with Crippen molar-refractivity contribution in [1.82, 2.24) is 4.90 Å². The van der Waals surface area contributed by atoms with Crippen molar-refractivity contribution in [2.45, 2.75) is 45.2 Å². The Balaban J connectivity index is 2.07. The maximum atomic E-state index is 13.5. The van der Waals surface area contributed by atoms with Crippen LogP contribution in [0.15, 0.2) is 73.3 Å². The summed E-state index contributed by atoms with van der Waals surface area (Å²) in [4.78, 5) is 28.8. The SMILES string of the molecule is C=CC[C@]1(C(=O)c2ccccc2)C(=O)N(C(C)(C)C)[C@H]1Cc1ccccc1. The van der Waals surface area contributed by atoms with Gasteiger partial charge >= 0.3 is 0 Å². The molecule has 0 spiro atoms. The Kier molecular flexibility index (Phi) is 5.05. The molecule has 140 valence electrons. The molecule has 0 unspecified atom stereocenters. The number of nitrogens with zero attached hydrogens (tertiary/aromatic N) is 1. The number of amides is 1. The molecule has 0 bridgehead atoms. The number of carbonyl (C=O) groups is 2. The standard InChI is InChI=1S/C24H27NO2/c1-5-16-24(21(26)19-14-10-7-11-15-19)20(17-18-12-8-6-9-13-18)25(22(24)27)23(2,3)4/h5-15,20H,1,16-17H2,2-4H3/t20-,24-/m0/s1. The van der Waals surface area contributed by atoms with Gasteiger partial charge in [-0.1, -0.05) is 66.7 Å². The number of likely N-dealkylation sites (tertiary alicyclic amines) is 1. The molecule has 0 N–H and O–H groups in total. The van der Waals surface area contributed by atoms with Crippen molar-refractivity contribution in [3.63, 3.8) is 0 Å². The molecule has 1 heterocycles. The number of benzene rings is 2. The summed E-state index contributed by atoms with van der Waals surface area (Å²) >= 11 is 0. The predicted octanol–water partition coefficient (Wildman–Crippen LogP) is 4.68. The van der Waals surface area contributed by atoms with E-state index in [-0.39, 0.29) is 23.3 Å². The summed E-state index contributed by atoms with van der Waals surface area (Å²) < 4.78 is 0. The zero-order valence-corrected chi connectivity index (χ0v) is 16.3. The van der Waals surface area contributed by atoms with Crippen LogP contribution in [0.3, 0.4) is 0 Å². The van der Waals surface area contributed by atoms with Crippen molar-refractivity contribution in [3.8, 4) is 0 Å². The monoisotopic (exact) mass is 361 g/mol. The lowest BCUT2D eigenvalue weighted by Crippen LogP contribution is -2.76. The first-order valence-corrected chi connectivity index (χ1v) is 9.41. The molecule has 1 saturated heterocycles. The van der Waals surface area contributed by atoms with Crippen LogP contribution in [0.4, 0.5) is 0 Å². The van der Waals surface area contributed by atoms with E-state index < -0.39 is 5.41 Å². The minimum atomic E-state index is -1.08. The number of rotatable bonds is 6. The maximum absolute atomic E-state index is 13.5. The van der Waals surface area contributed by atoms with E-state index >= 15 is 0 Å². The van der Waals surface area contributed by atoms with Crippen LogP contribution in [0, 0.1) is 5.41 Å². The Morgan fingerprint density at radius 1 is 1.07 bits per heavy atom. The van der Waals surface area contributed by atoms with Gasteiger partial charge < -0.3 is 4.90 Å². The molecule has 1 fully saturated rings. The number of carbonyl (C=O) groups excluding carboxylic acids is 2. The summed E-state index contributed by atoms with van der Waals surface area (Å²) in [5.74, 6) is -0.195. The van der Waals surface area contributed by atoms with E-state index in [0.717, 1.165) is 5.56 Å². The Bertz CT molecular complexity index is 836. The van der Waals surface area contributed by atoms with Crippen molar-refractivity contribution in [1.29, 1.82) is 0 Å². The number of Topliss-reactive ketones (excluding diaryl/α,β-unsaturated/α-hetero) is 1. The Hall–Kier alpha value is -2.68. The Morgan fingerprint density at radius 2 is 1.63 bits per heavy atom. The van der Waals surface area contributed by atoms with E-state index in [0.29, 0.717) is 18.4 Å². The molecule has 3 heteroatoms. The van der Waals surface area contributed by atoms with Gasteiger partial charge in [-0.05, 0) is 39.2 Å². The fourth-order valence-electron chi connectivity index (χ4n) is 4.17. The van der Waals surface area contributed by atoms with E-state index in [1.807, 2.05) is 62.1 Å². The van der Waals surface area contributed by atoms with Gasteiger partial charge in [-0.2, -0.15) is 0 Å². The first kappa shape index (κ1) is 19.1. The molecule has 2 atom stereocenters. The highest BCUT2D eigenvalue weighted by molar-refractivity contribution is 6.18. The predicted molar refractivity (Wildman–Crippen MR) is 109 cm³/mol. The van der Waals surface area contributed by atoms with Crippen molar-refractivity contribution in [2.75, 3.05) is 0 Å². The van der Waals surface area contributed by atoms with Crippen LogP contribution in [0.5, 0.6) is 0 Å². The van der Waals surface area contributed by atoms with Gasteiger partial charge in [0.15, 0.2) is 5.78 Å². The third-order valence-electron chi connectivity index (χ3n) is 5.38. The molecule has 3 rings (SSSR count). The number of allylic oxidation sites excluding steroid dienone is 1. The largest absolute Gasteiger partial charge is 0.332 e. The Labute approximate surface area is 161 Å². The van der Waals surface area contributed by atoms with Gasteiger partial charge in [0.25, 0.3) is 0 Å². The molecule has 1 aliphatic heterocycles. The number of ketones is 1. The van der Waals surface area contributed by atoms with Crippen LogP contribution >= 0.6 is 0 Å². The summed E-state index contributed by atoms with van der Waals surface area (Å²) in [7, 11) is 0. The molecule has 0 aliphatic carbocycles. The molecular weight excluding hydrogens is 334 g/mol. The second kappa shape index (κ2) is 7.15. The van der Waals surface area contributed by atoms with Crippen LogP contribution in [0.2, 0.25) is 0 Å². The summed E-state index contributed by atoms with van der Waals surface area (Å²) in [5, 5.41) is 0. The lowest BCUT2D eigenvalue weighted by atomic mass is 9.60. The van der Waals surface area contributed by atoms with Crippen molar-refractivity contribution >= 4 is 11.7 Å². The third kappa shape index (κ3) is 3.23. The van der Waals surface area contributed by atoms with Crippen LogP contribution in [0.25, 0.3) is 0 Å². The van der Waals surface area contributed by atoms with E-state index in [1.54, 1.807) is 18.2 Å². The van der Waals surface area contributed by atoms with Gasteiger partial charge in [0.1, 0.15) is 5.41 Å². The fraction of sp³-hybridized carbons (Fsp3) is 0.333. The average Bonchev–Trinajstić information content (AvgIpc) is 2.65. The second-order valence-corrected chi connectivity index (χ2v) is 8.21. The molecule has 1 amide bonds. The summed E-state index contributed by atoms with van der Waals surface area (Å²) in [6, 6.07) is 19.0. The minimum absolute atomic E-state index is 0.0929. The van der Waals surface area contributed by atoms with Crippen molar-refractivity contribution in [3.05, 3.63) is 84.4 Å². The Morgan fingerprint density at radius 3 is 2.15 bits per heavy atom. The summed E-state index contributed by atoms with van der Waals surface area (Å²) in [5.41, 5.74) is 0.280. The molecule has 0 radical (unpaired) electrons. The highest BCUT2D eigenvalue weighted by atomic mass is 16.2. The first-order chi connectivity index (χ1) is 12.8. The van der Waals surface area contributed by atoms with Crippen molar-refractivity contribution < 1.29 is 9.59 Å². The molecular formula is C24H27NO2. The van der Waals surface area contributed by atoms with E-state index in [9.17, 15) is 9.59 Å². The summed E-state index contributed by atoms with van der Waals surface area (Å²) in [6.45, 7) is 9.91. The fourth-order valence-corrected chi connectivity index (χ4v) is 4.17. The molecule has 0 aromatic heterocycles. The minimum Gasteiger partial charge on any atom is -0.332 e. The molecule has 1 aliphatic rings.